The van der Waals surface area contributed by atoms with E-state index in [-0.39, 0.29) is 5.91 Å². The molecule has 2 aromatic heterocycles. The van der Waals surface area contributed by atoms with Crippen molar-refractivity contribution in [3.63, 3.8) is 0 Å². The number of thiazole rings is 1. The molecule has 124 valence electrons. The van der Waals surface area contributed by atoms with E-state index in [1.54, 1.807) is 11.3 Å². The SMILES string of the molecule is Cc1ccc2c(C)c(C(=O)Nc3nc4c(s3)C[C@@H](C)CC4)oc2c1. The highest BCUT2D eigenvalue weighted by Crippen LogP contribution is 2.33. The van der Waals surface area contributed by atoms with E-state index in [0.717, 1.165) is 40.6 Å². The van der Waals surface area contributed by atoms with Crippen molar-refractivity contribution in [2.75, 3.05) is 5.32 Å². The molecule has 0 saturated heterocycles. The number of hydrogen-bond donors (Lipinski definition) is 1. The Labute approximate surface area is 144 Å². The summed E-state index contributed by atoms with van der Waals surface area (Å²) < 4.78 is 5.80. The number of furan rings is 1. The number of aryl methyl sites for hydroxylation is 3. The first-order valence-electron chi connectivity index (χ1n) is 8.31. The number of benzene rings is 1. The molecule has 24 heavy (non-hydrogen) atoms. The van der Waals surface area contributed by atoms with Gasteiger partial charge in [-0.1, -0.05) is 19.1 Å². The van der Waals surface area contributed by atoms with Gasteiger partial charge in [0.1, 0.15) is 5.58 Å². The van der Waals surface area contributed by atoms with Crippen molar-refractivity contribution in [3.8, 4) is 0 Å². The first-order chi connectivity index (χ1) is 11.5. The Morgan fingerprint density at radius 1 is 1.38 bits per heavy atom. The van der Waals surface area contributed by atoms with Crippen molar-refractivity contribution in [2.45, 2.75) is 40.0 Å². The second-order valence-electron chi connectivity index (χ2n) is 6.75. The Bertz CT molecular complexity index is 938. The molecule has 1 N–H and O–H groups in total. The van der Waals surface area contributed by atoms with E-state index in [9.17, 15) is 4.79 Å². The van der Waals surface area contributed by atoms with Gasteiger partial charge < -0.3 is 4.42 Å². The number of carbonyl (C=O) groups is 1. The largest absolute Gasteiger partial charge is 0.451 e. The number of rotatable bonds is 2. The lowest BCUT2D eigenvalue weighted by Crippen LogP contribution is -2.12. The summed E-state index contributed by atoms with van der Waals surface area (Å²) in [5, 5.41) is 4.58. The monoisotopic (exact) mass is 340 g/mol. The number of fused-ring (bicyclic) bond motifs is 2. The average molecular weight is 340 g/mol. The third-order valence-corrected chi connectivity index (χ3v) is 5.74. The molecule has 5 heteroatoms. The van der Waals surface area contributed by atoms with Crippen LogP contribution in [0.4, 0.5) is 5.13 Å². The molecule has 1 aliphatic carbocycles. The van der Waals surface area contributed by atoms with Crippen molar-refractivity contribution >= 4 is 33.3 Å². The maximum atomic E-state index is 12.6. The molecule has 2 heterocycles. The quantitative estimate of drug-likeness (QED) is 0.723. The molecule has 1 aromatic carbocycles. The smallest absolute Gasteiger partial charge is 0.293 e. The summed E-state index contributed by atoms with van der Waals surface area (Å²) in [5.74, 6) is 0.847. The lowest BCUT2D eigenvalue weighted by Gasteiger charge is -2.15. The van der Waals surface area contributed by atoms with Gasteiger partial charge in [0, 0.05) is 15.8 Å². The molecule has 0 spiro atoms. The molecule has 0 bridgehead atoms. The zero-order valence-corrected chi connectivity index (χ0v) is 14.9. The van der Waals surface area contributed by atoms with Crippen LogP contribution in [-0.4, -0.2) is 10.9 Å². The van der Waals surface area contributed by atoms with Crippen LogP contribution < -0.4 is 5.32 Å². The summed E-state index contributed by atoms with van der Waals surface area (Å²) in [6.07, 6.45) is 3.24. The topological polar surface area (TPSA) is 55.1 Å². The van der Waals surface area contributed by atoms with Gasteiger partial charge in [0.15, 0.2) is 10.9 Å². The number of nitrogens with zero attached hydrogens (tertiary/aromatic N) is 1. The molecule has 4 rings (SSSR count). The molecule has 0 radical (unpaired) electrons. The second kappa shape index (κ2) is 5.74. The molecular formula is C19H20N2O2S. The van der Waals surface area contributed by atoms with Gasteiger partial charge in [-0.25, -0.2) is 4.98 Å². The molecule has 0 aliphatic heterocycles. The standard InChI is InChI=1S/C19H20N2O2S/c1-10-4-6-13-12(3)17(23-15(13)8-10)18(22)21-19-20-14-7-5-11(2)9-16(14)24-19/h4,6,8,11H,5,7,9H2,1-3H3,(H,20,21,22)/t11-/m0/s1. The minimum absolute atomic E-state index is 0.222. The van der Waals surface area contributed by atoms with Gasteiger partial charge in [0.2, 0.25) is 0 Å². The summed E-state index contributed by atoms with van der Waals surface area (Å²) >= 11 is 1.59. The lowest BCUT2D eigenvalue weighted by molar-refractivity contribution is 0.0998. The first kappa shape index (κ1) is 15.4. The van der Waals surface area contributed by atoms with Crippen LogP contribution in [0.15, 0.2) is 22.6 Å². The summed E-state index contributed by atoms with van der Waals surface area (Å²) in [6, 6.07) is 5.99. The number of aromatic nitrogens is 1. The predicted octanol–water partition coefficient (Wildman–Crippen LogP) is 4.88. The molecule has 3 aromatic rings. The molecule has 1 atom stereocenters. The number of amides is 1. The van der Waals surface area contributed by atoms with Crippen molar-refractivity contribution in [1.29, 1.82) is 0 Å². The fraction of sp³-hybridized carbons (Fsp3) is 0.368. The van der Waals surface area contributed by atoms with E-state index >= 15 is 0 Å². The normalized spacial score (nSPS) is 17.0. The van der Waals surface area contributed by atoms with Gasteiger partial charge in [-0.15, -0.1) is 11.3 Å². The number of hydrogen-bond acceptors (Lipinski definition) is 4. The molecule has 0 unspecified atom stereocenters. The lowest BCUT2D eigenvalue weighted by atomic mass is 9.93. The predicted molar refractivity (Wildman–Crippen MR) is 96.9 cm³/mol. The van der Waals surface area contributed by atoms with Crippen LogP contribution in [0.5, 0.6) is 0 Å². The van der Waals surface area contributed by atoms with Crippen molar-refractivity contribution in [3.05, 3.63) is 45.7 Å². The minimum Gasteiger partial charge on any atom is -0.451 e. The Balaban J connectivity index is 1.62. The van der Waals surface area contributed by atoms with Crippen LogP contribution in [-0.2, 0) is 12.8 Å². The minimum atomic E-state index is -0.222. The summed E-state index contributed by atoms with van der Waals surface area (Å²) in [6.45, 7) is 6.20. The van der Waals surface area contributed by atoms with E-state index in [1.165, 1.54) is 11.3 Å². The molecule has 0 fully saturated rings. The maximum absolute atomic E-state index is 12.6. The van der Waals surface area contributed by atoms with Gasteiger partial charge in [-0.3, -0.25) is 10.1 Å². The average Bonchev–Trinajstić information content (AvgIpc) is 3.07. The fourth-order valence-electron chi connectivity index (χ4n) is 3.30. The van der Waals surface area contributed by atoms with E-state index < -0.39 is 0 Å². The molecule has 1 amide bonds. The van der Waals surface area contributed by atoms with Crippen molar-refractivity contribution in [1.82, 2.24) is 4.98 Å². The highest BCUT2D eigenvalue weighted by atomic mass is 32.1. The molecule has 4 nitrogen and oxygen atoms in total. The zero-order chi connectivity index (χ0) is 16.8. The van der Waals surface area contributed by atoms with Crippen LogP contribution in [0.2, 0.25) is 0 Å². The third-order valence-electron chi connectivity index (χ3n) is 4.71. The van der Waals surface area contributed by atoms with Gasteiger partial charge >= 0.3 is 0 Å². The molecule has 1 aliphatic rings. The number of anilines is 1. The summed E-state index contributed by atoms with van der Waals surface area (Å²) in [7, 11) is 0. The Morgan fingerprint density at radius 3 is 3.04 bits per heavy atom. The molecular weight excluding hydrogens is 320 g/mol. The summed E-state index contributed by atoms with van der Waals surface area (Å²) in [4.78, 5) is 18.5. The van der Waals surface area contributed by atoms with Crippen LogP contribution in [0, 0.1) is 19.8 Å². The van der Waals surface area contributed by atoms with E-state index in [2.05, 4.69) is 17.2 Å². The van der Waals surface area contributed by atoms with Crippen molar-refractivity contribution in [2.24, 2.45) is 5.92 Å². The maximum Gasteiger partial charge on any atom is 0.293 e. The molecule has 0 saturated carbocycles. The summed E-state index contributed by atoms with van der Waals surface area (Å²) in [5.41, 5.74) is 3.89. The van der Waals surface area contributed by atoms with Gasteiger partial charge in [-0.2, -0.15) is 0 Å². The van der Waals surface area contributed by atoms with Gasteiger partial charge in [-0.05, 0) is 50.7 Å². The highest BCUT2D eigenvalue weighted by molar-refractivity contribution is 7.15. The zero-order valence-electron chi connectivity index (χ0n) is 14.1. The van der Waals surface area contributed by atoms with Gasteiger partial charge in [0.25, 0.3) is 5.91 Å². The van der Waals surface area contributed by atoms with Gasteiger partial charge in [0.05, 0.1) is 5.69 Å². The number of nitrogens with one attached hydrogen (secondary N) is 1. The van der Waals surface area contributed by atoms with E-state index in [4.69, 9.17) is 4.42 Å². The first-order valence-corrected chi connectivity index (χ1v) is 9.12. The fourth-order valence-corrected chi connectivity index (χ4v) is 4.46. The Hall–Kier alpha value is -2.14. The third kappa shape index (κ3) is 2.63. The van der Waals surface area contributed by atoms with Crippen LogP contribution in [0.25, 0.3) is 11.0 Å². The van der Waals surface area contributed by atoms with E-state index in [0.29, 0.717) is 16.8 Å². The second-order valence-corrected chi connectivity index (χ2v) is 7.83. The Kier molecular flexibility index (Phi) is 3.68. The van der Waals surface area contributed by atoms with E-state index in [1.807, 2.05) is 32.0 Å². The van der Waals surface area contributed by atoms with Crippen LogP contribution in [0.3, 0.4) is 0 Å². The van der Waals surface area contributed by atoms with Crippen LogP contribution >= 0.6 is 11.3 Å². The highest BCUT2D eigenvalue weighted by Gasteiger charge is 2.23. The van der Waals surface area contributed by atoms with Crippen molar-refractivity contribution < 1.29 is 9.21 Å². The number of carbonyl (C=O) groups excluding carboxylic acids is 1. The van der Waals surface area contributed by atoms with Crippen LogP contribution in [0.1, 0.15) is 45.6 Å². The Morgan fingerprint density at radius 2 is 2.21 bits per heavy atom.